The highest BCUT2D eigenvalue weighted by molar-refractivity contribution is 5.95. The molecule has 0 aromatic carbocycles. The van der Waals surface area contributed by atoms with E-state index in [0.29, 0.717) is 18.7 Å². The molecule has 1 fully saturated rings. The quantitative estimate of drug-likeness (QED) is 0.834. The average molecular weight is 292 g/mol. The number of aromatic nitrogens is 2. The molecule has 1 amide bonds. The van der Waals surface area contributed by atoms with Gasteiger partial charge in [-0.1, -0.05) is 0 Å². The van der Waals surface area contributed by atoms with Gasteiger partial charge in [-0.15, -0.1) is 0 Å². The van der Waals surface area contributed by atoms with Crippen molar-refractivity contribution in [3.8, 4) is 0 Å². The van der Waals surface area contributed by atoms with E-state index >= 15 is 0 Å². The molecule has 0 saturated carbocycles. The van der Waals surface area contributed by atoms with Crippen LogP contribution < -0.4 is 0 Å². The molecule has 1 N–H and O–H groups in total. The summed E-state index contributed by atoms with van der Waals surface area (Å²) >= 11 is 0. The Morgan fingerprint density at radius 1 is 1.29 bits per heavy atom. The fourth-order valence-electron chi connectivity index (χ4n) is 3.09. The summed E-state index contributed by atoms with van der Waals surface area (Å²) in [6, 6.07) is -0.630. The monoisotopic (exact) mass is 292 g/mol. The zero-order valence-electron chi connectivity index (χ0n) is 12.2. The fraction of sp³-hybridized carbons (Fsp3) is 0.643. The van der Waals surface area contributed by atoms with E-state index in [-0.39, 0.29) is 12.5 Å². The molecule has 2 aliphatic rings. The number of amides is 1. The zero-order valence-corrected chi connectivity index (χ0v) is 12.2. The minimum absolute atomic E-state index is 0.0856. The van der Waals surface area contributed by atoms with Gasteiger partial charge in [-0.3, -0.25) is 19.2 Å². The molecule has 7 heteroatoms. The summed E-state index contributed by atoms with van der Waals surface area (Å²) in [5.41, 5.74) is 1.64. The van der Waals surface area contributed by atoms with Crippen molar-refractivity contribution in [3.05, 3.63) is 17.5 Å². The van der Waals surface area contributed by atoms with Gasteiger partial charge in [0.1, 0.15) is 6.04 Å². The minimum Gasteiger partial charge on any atom is -0.480 e. The van der Waals surface area contributed by atoms with Crippen LogP contribution in [0.5, 0.6) is 0 Å². The molecule has 0 aliphatic carbocycles. The zero-order chi connectivity index (χ0) is 15.0. The molecule has 0 spiro atoms. The van der Waals surface area contributed by atoms with Crippen LogP contribution in [0.3, 0.4) is 0 Å². The Labute approximate surface area is 123 Å². The van der Waals surface area contributed by atoms with Gasteiger partial charge in [0, 0.05) is 26.2 Å². The summed E-state index contributed by atoms with van der Waals surface area (Å²) in [5.74, 6) is -0.968. The van der Waals surface area contributed by atoms with Gasteiger partial charge in [-0.25, -0.2) is 0 Å². The lowest BCUT2D eigenvalue weighted by atomic mass is 10.1. The van der Waals surface area contributed by atoms with Crippen LogP contribution in [0.15, 0.2) is 6.20 Å². The number of fused-ring (bicyclic) bond motifs is 1. The molecule has 21 heavy (non-hydrogen) atoms. The highest BCUT2D eigenvalue weighted by Gasteiger charge is 2.33. The Kier molecular flexibility index (Phi) is 3.67. The molecule has 1 atom stereocenters. The van der Waals surface area contributed by atoms with E-state index in [4.69, 9.17) is 0 Å². The van der Waals surface area contributed by atoms with Crippen molar-refractivity contribution in [1.29, 1.82) is 0 Å². The number of likely N-dealkylation sites (N-methyl/N-ethyl adjacent to an activating group) is 1. The minimum atomic E-state index is -0.882. The number of piperazine rings is 1. The number of carboxylic acids is 1. The first-order chi connectivity index (χ1) is 10.1. The van der Waals surface area contributed by atoms with Gasteiger partial charge in [0.05, 0.1) is 17.5 Å². The number of carboxylic acid groups (broad SMARTS) is 1. The number of hydrogen-bond donors (Lipinski definition) is 1. The van der Waals surface area contributed by atoms with Crippen LogP contribution in [0.2, 0.25) is 0 Å². The Bertz CT molecular complexity index is 569. The lowest BCUT2D eigenvalue weighted by molar-refractivity contribution is -0.144. The van der Waals surface area contributed by atoms with E-state index in [1.807, 2.05) is 4.68 Å². The smallest absolute Gasteiger partial charge is 0.322 e. The summed E-state index contributed by atoms with van der Waals surface area (Å²) in [4.78, 5) is 27.3. The molecule has 114 valence electrons. The summed E-state index contributed by atoms with van der Waals surface area (Å²) in [5, 5.41) is 13.5. The van der Waals surface area contributed by atoms with Gasteiger partial charge < -0.3 is 10.0 Å². The standard InChI is InChI=1S/C14H20N4O3/c1-16-6-7-17(9-12(16)14(20)21)13(19)10-8-15-18-5-3-2-4-11(10)18/h8,12H,2-7,9H2,1H3,(H,20,21). The third kappa shape index (κ3) is 2.53. The van der Waals surface area contributed by atoms with Crippen molar-refractivity contribution < 1.29 is 14.7 Å². The van der Waals surface area contributed by atoms with Gasteiger partial charge in [0.2, 0.25) is 0 Å². The molecule has 7 nitrogen and oxygen atoms in total. The fourth-order valence-corrected chi connectivity index (χ4v) is 3.09. The van der Waals surface area contributed by atoms with Crippen molar-refractivity contribution in [2.45, 2.75) is 31.8 Å². The molecule has 0 bridgehead atoms. The van der Waals surface area contributed by atoms with Crippen LogP contribution in [0.4, 0.5) is 0 Å². The second-order valence-electron chi connectivity index (χ2n) is 5.77. The first-order valence-corrected chi connectivity index (χ1v) is 7.35. The van der Waals surface area contributed by atoms with Crippen LogP contribution in [0.25, 0.3) is 0 Å². The SMILES string of the molecule is CN1CCN(C(=O)c2cnn3c2CCCC3)CC1C(=O)O. The third-order valence-corrected chi connectivity index (χ3v) is 4.43. The first kappa shape index (κ1) is 14.1. The van der Waals surface area contributed by atoms with Crippen LogP contribution in [0.1, 0.15) is 28.9 Å². The number of nitrogens with zero attached hydrogens (tertiary/aromatic N) is 4. The number of rotatable bonds is 2. The maximum absolute atomic E-state index is 12.7. The van der Waals surface area contributed by atoms with E-state index in [1.54, 1.807) is 23.0 Å². The number of carbonyl (C=O) groups is 2. The van der Waals surface area contributed by atoms with Crippen LogP contribution in [-0.4, -0.2) is 69.3 Å². The van der Waals surface area contributed by atoms with Crippen molar-refractivity contribution >= 4 is 11.9 Å². The highest BCUT2D eigenvalue weighted by Crippen LogP contribution is 2.20. The van der Waals surface area contributed by atoms with Crippen molar-refractivity contribution in [2.24, 2.45) is 0 Å². The average Bonchev–Trinajstić information content (AvgIpc) is 2.90. The molecule has 2 aliphatic heterocycles. The Hall–Kier alpha value is -1.89. The second-order valence-corrected chi connectivity index (χ2v) is 5.77. The molecule has 1 saturated heterocycles. The normalized spacial score (nSPS) is 22.9. The van der Waals surface area contributed by atoms with Gasteiger partial charge in [0.25, 0.3) is 5.91 Å². The van der Waals surface area contributed by atoms with Crippen molar-refractivity contribution in [1.82, 2.24) is 19.6 Å². The van der Waals surface area contributed by atoms with Crippen LogP contribution >= 0.6 is 0 Å². The predicted molar refractivity (Wildman–Crippen MR) is 75.1 cm³/mol. The Balaban J connectivity index is 1.79. The van der Waals surface area contributed by atoms with Gasteiger partial charge in [-0.05, 0) is 26.3 Å². The molecule has 0 radical (unpaired) electrons. The molecule has 1 unspecified atom stereocenters. The highest BCUT2D eigenvalue weighted by atomic mass is 16.4. The van der Waals surface area contributed by atoms with Gasteiger partial charge in [-0.2, -0.15) is 5.10 Å². The van der Waals surface area contributed by atoms with E-state index in [0.717, 1.165) is 31.5 Å². The van der Waals surface area contributed by atoms with E-state index in [1.165, 1.54) is 0 Å². The van der Waals surface area contributed by atoms with Gasteiger partial charge >= 0.3 is 5.97 Å². The number of hydrogen-bond acceptors (Lipinski definition) is 4. The van der Waals surface area contributed by atoms with E-state index in [9.17, 15) is 14.7 Å². The molecular formula is C14H20N4O3. The maximum atomic E-state index is 12.7. The van der Waals surface area contributed by atoms with Crippen molar-refractivity contribution in [2.75, 3.05) is 26.7 Å². The Morgan fingerprint density at radius 3 is 2.86 bits per heavy atom. The van der Waals surface area contributed by atoms with Crippen molar-refractivity contribution in [3.63, 3.8) is 0 Å². The van der Waals surface area contributed by atoms with Crippen LogP contribution in [-0.2, 0) is 17.8 Å². The van der Waals surface area contributed by atoms with E-state index < -0.39 is 12.0 Å². The molecule has 3 heterocycles. The van der Waals surface area contributed by atoms with Gasteiger partial charge in [0.15, 0.2) is 0 Å². The second kappa shape index (κ2) is 5.48. The lowest BCUT2D eigenvalue weighted by Crippen LogP contribution is -2.56. The summed E-state index contributed by atoms with van der Waals surface area (Å²) in [6.45, 7) is 2.23. The molecule has 1 aromatic rings. The summed E-state index contributed by atoms with van der Waals surface area (Å²) < 4.78 is 1.90. The number of carbonyl (C=O) groups excluding carboxylic acids is 1. The first-order valence-electron chi connectivity index (χ1n) is 7.35. The predicted octanol–water partition coefficient (Wildman–Crippen LogP) is 0.0602. The summed E-state index contributed by atoms with van der Waals surface area (Å²) in [6.07, 6.45) is 4.68. The molecule has 3 rings (SSSR count). The number of aliphatic carboxylic acids is 1. The molecule has 1 aromatic heterocycles. The third-order valence-electron chi connectivity index (χ3n) is 4.43. The topological polar surface area (TPSA) is 78.7 Å². The lowest BCUT2D eigenvalue weighted by Gasteiger charge is -2.37. The van der Waals surface area contributed by atoms with E-state index in [2.05, 4.69) is 5.10 Å². The largest absolute Gasteiger partial charge is 0.480 e. The summed E-state index contributed by atoms with van der Waals surface area (Å²) in [7, 11) is 1.78. The Morgan fingerprint density at radius 2 is 2.10 bits per heavy atom. The molecular weight excluding hydrogens is 272 g/mol. The number of aryl methyl sites for hydroxylation is 1. The maximum Gasteiger partial charge on any atom is 0.322 e. The van der Waals surface area contributed by atoms with Crippen LogP contribution in [0, 0.1) is 0 Å².